The molecule has 0 aliphatic carbocycles. The predicted molar refractivity (Wildman–Crippen MR) is 91.8 cm³/mol. The summed E-state index contributed by atoms with van der Waals surface area (Å²) in [5.74, 6) is 0. The molecular formula is C19H24N2O. The lowest BCUT2D eigenvalue weighted by atomic mass is 9.98. The lowest BCUT2D eigenvalue weighted by molar-refractivity contribution is 0.141. The molecule has 0 saturated carbocycles. The van der Waals surface area contributed by atoms with Crippen LogP contribution in [0.1, 0.15) is 11.1 Å². The van der Waals surface area contributed by atoms with Gasteiger partial charge in [-0.3, -0.25) is 4.90 Å². The summed E-state index contributed by atoms with van der Waals surface area (Å²) >= 11 is 0. The highest BCUT2D eigenvalue weighted by Gasteiger charge is 2.17. The largest absolute Gasteiger partial charge is 0.383 e. The van der Waals surface area contributed by atoms with Crippen LogP contribution in [0.25, 0.3) is 0 Å². The van der Waals surface area contributed by atoms with E-state index in [9.17, 15) is 0 Å². The Bertz CT molecular complexity index is 612. The van der Waals surface area contributed by atoms with E-state index in [1.807, 2.05) is 0 Å². The molecule has 22 heavy (non-hydrogen) atoms. The van der Waals surface area contributed by atoms with E-state index < -0.39 is 0 Å². The van der Waals surface area contributed by atoms with Gasteiger partial charge in [-0.05, 0) is 41.8 Å². The average molecular weight is 296 g/mol. The number of methoxy groups -OCH3 is 1. The Morgan fingerprint density at radius 1 is 1.05 bits per heavy atom. The standard InChI is InChI=1S/C19H24N2O/c1-20(18-6-4-3-5-7-18)19-9-8-16-10-11-21(12-13-22-2)15-17(16)14-19/h3-9,14H,10-13,15H2,1-2H3. The van der Waals surface area contributed by atoms with E-state index >= 15 is 0 Å². The summed E-state index contributed by atoms with van der Waals surface area (Å²) in [6, 6.07) is 17.4. The van der Waals surface area contributed by atoms with Crippen molar-refractivity contribution >= 4 is 11.4 Å². The van der Waals surface area contributed by atoms with Crippen molar-refractivity contribution in [2.45, 2.75) is 13.0 Å². The first-order valence-corrected chi connectivity index (χ1v) is 7.90. The molecule has 2 aromatic rings. The van der Waals surface area contributed by atoms with Gasteiger partial charge in [0, 0.05) is 45.2 Å². The summed E-state index contributed by atoms with van der Waals surface area (Å²) in [5, 5.41) is 0. The molecule has 3 heteroatoms. The molecule has 1 heterocycles. The van der Waals surface area contributed by atoms with Crippen LogP contribution in [0.15, 0.2) is 48.5 Å². The third-order valence-corrected chi connectivity index (χ3v) is 4.42. The van der Waals surface area contributed by atoms with Crippen molar-refractivity contribution in [3.05, 3.63) is 59.7 Å². The van der Waals surface area contributed by atoms with Gasteiger partial charge >= 0.3 is 0 Å². The number of benzene rings is 2. The number of ether oxygens (including phenoxy) is 1. The minimum atomic E-state index is 0.805. The second-order valence-electron chi connectivity index (χ2n) is 5.87. The van der Waals surface area contributed by atoms with Gasteiger partial charge in [-0.15, -0.1) is 0 Å². The Morgan fingerprint density at radius 3 is 2.64 bits per heavy atom. The van der Waals surface area contributed by atoms with Crippen LogP contribution in [-0.2, 0) is 17.7 Å². The topological polar surface area (TPSA) is 15.7 Å². The number of anilines is 2. The summed E-state index contributed by atoms with van der Waals surface area (Å²) < 4.78 is 5.20. The number of hydrogen-bond acceptors (Lipinski definition) is 3. The van der Waals surface area contributed by atoms with Gasteiger partial charge in [0.1, 0.15) is 0 Å². The normalized spacial score (nSPS) is 14.6. The molecule has 0 spiro atoms. The zero-order chi connectivity index (χ0) is 15.4. The molecule has 0 radical (unpaired) electrons. The number of rotatable bonds is 5. The molecule has 1 aliphatic rings. The van der Waals surface area contributed by atoms with Crippen LogP contribution in [0.4, 0.5) is 11.4 Å². The van der Waals surface area contributed by atoms with Crippen LogP contribution in [0.3, 0.4) is 0 Å². The van der Waals surface area contributed by atoms with Gasteiger partial charge in [-0.25, -0.2) is 0 Å². The van der Waals surface area contributed by atoms with Crippen molar-refractivity contribution in [2.24, 2.45) is 0 Å². The van der Waals surface area contributed by atoms with Crippen LogP contribution in [0.2, 0.25) is 0 Å². The van der Waals surface area contributed by atoms with Crippen LogP contribution < -0.4 is 4.90 Å². The number of para-hydroxylation sites is 1. The molecule has 0 aromatic heterocycles. The highest BCUT2D eigenvalue weighted by Crippen LogP contribution is 2.28. The van der Waals surface area contributed by atoms with Gasteiger partial charge in [0.2, 0.25) is 0 Å². The maximum Gasteiger partial charge on any atom is 0.0589 e. The predicted octanol–water partition coefficient (Wildman–Crippen LogP) is 3.46. The Hall–Kier alpha value is -1.84. The first-order valence-electron chi connectivity index (χ1n) is 7.90. The third-order valence-electron chi connectivity index (χ3n) is 4.42. The van der Waals surface area contributed by atoms with Gasteiger partial charge in [-0.1, -0.05) is 24.3 Å². The summed E-state index contributed by atoms with van der Waals surface area (Å²) in [6.45, 7) is 3.97. The van der Waals surface area contributed by atoms with Crippen molar-refractivity contribution in [1.82, 2.24) is 4.90 Å². The fraction of sp³-hybridized carbons (Fsp3) is 0.368. The summed E-state index contributed by atoms with van der Waals surface area (Å²) in [5.41, 5.74) is 5.40. The average Bonchev–Trinajstić information content (AvgIpc) is 2.59. The van der Waals surface area contributed by atoms with E-state index in [0.717, 1.165) is 32.7 Å². The van der Waals surface area contributed by atoms with Gasteiger partial charge in [-0.2, -0.15) is 0 Å². The SMILES string of the molecule is COCCN1CCc2ccc(N(C)c3ccccc3)cc2C1. The first kappa shape index (κ1) is 15.1. The minimum Gasteiger partial charge on any atom is -0.383 e. The Morgan fingerprint density at radius 2 is 1.86 bits per heavy atom. The fourth-order valence-corrected chi connectivity index (χ4v) is 3.02. The monoisotopic (exact) mass is 296 g/mol. The number of hydrogen-bond donors (Lipinski definition) is 0. The molecule has 1 aliphatic heterocycles. The molecule has 0 unspecified atom stereocenters. The molecule has 0 atom stereocenters. The van der Waals surface area contributed by atoms with E-state index in [-0.39, 0.29) is 0 Å². The quantitative estimate of drug-likeness (QED) is 0.840. The minimum absolute atomic E-state index is 0.805. The van der Waals surface area contributed by atoms with Crippen molar-refractivity contribution < 1.29 is 4.74 Å². The lowest BCUT2D eigenvalue weighted by Crippen LogP contribution is -2.33. The van der Waals surface area contributed by atoms with E-state index in [1.165, 1.54) is 22.5 Å². The number of fused-ring (bicyclic) bond motifs is 1. The maximum absolute atomic E-state index is 5.20. The highest BCUT2D eigenvalue weighted by atomic mass is 16.5. The molecule has 0 amide bonds. The molecular weight excluding hydrogens is 272 g/mol. The van der Waals surface area contributed by atoms with Crippen LogP contribution in [0.5, 0.6) is 0 Å². The summed E-state index contributed by atoms with van der Waals surface area (Å²) in [7, 11) is 3.90. The van der Waals surface area contributed by atoms with Gasteiger partial charge in [0.25, 0.3) is 0 Å². The lowest BCUT2D eigenvalue weighted by Gasteiger charge is -2.30. The van der Waals surface area contributed by atoms with Gasteiger partial charge < -0.3 is 9.64 Å². The van der Waals surface area contributed by atoms with Crippen molar-refractivity contribution in [1.29, 1.82) is 0 Å². The zero-order valence-electron chi connectivity index (χ0n) is 13.5. The second-order valence-corrected chi connectivity index (χ2v) is 5.87. The van der Waals surface area contributed by atoms with Crippen molar-refractivity contribution in [3.8, 4) is 0 Å². The van der Waals surface area contributed by atoms with E-state index in [1.54, 1.807) is 7.11 Å². The van der Waals surface area contributed by atoms with Crippen LogP contribution >= 0.6 is 0 Å². The first-order chi connectivity index (χ1) is 10.8. The van der Waals surface area contributed by atoms with Crippen molar-refractivity contribution in [3.63, 3.8) is 0 Å². The van der Waals surface area contributed by atoms with E-state index in [4.69, 9.17) is 4.74 Å². The second kappa shape index (κ2) is 6.95. The van der Waals surface area contributed by atoms with Crippen LogP contribution in [-0.4, -0.2) is 38.8 Å². The highest BCUT2D eigenvalue weighted by molar-refractivity contribution is 5.63. The smallest absolute Gasteiger partial charge is 0.0589 e. The zero-order valence-corrected chi connectivity index (χ0v) is 13.5. The number of nitrogens with zero attached hydrogens (tertiary/aromatic N) is 2. The van der Waals surface area contributed by atoms with E-state index in [0.29, 0.717) is 0 Å². The van der Waals surface area contributed by atoms with Crippen LogP contribution in [0, 0.1) is 0 Å². The molecule has 116 valence electrons. The van der Waals surface area contributed by atoms with Gasteiger partial charge in [0.05, 0.1) is 6.61 Å². The summed E-state index contributed by atoms with van der Waals surface area (Å²) in [4.78, 5) is 4.71. The molecule has 0 N–H and O–H groups in total. The molecule has 3 rings (SSSR count). The van der Waals surface area contributed by atoms with Gasteiger partial charge in [0.15, 0.2) is 0 Å². The molecule has 0 fully saturated rings. The third kappa shape index (κ3) is 3.32. The van der Waals surface area contributed by atoms with Crippen molar-refractivity contribution in [2.75, 3.05) is 38.8 Å². The van der Waals surface area contributed by atoms with E-state index in [2.05, 4.69) is 65.4 Å². The Labute approximate surface area is 133 Å². The molecule has 2 aromatic carbocycles. The Balaban J connectivity index is 1.78. The fourth-order valence-electron chi connectivity index (χ4n) is 3.02. The molecule has 0 saturated heterocycles. The molecule has 3 nitrogen and oxygen atoms in total. The molecule has 0 bridgehead atoms. The maximum atomic E-state index is 5.20. The Kier molecular flexibility index (Phi) is 4.76. The summed E-state index contributed by atoms with van der Waals surface area (Å²) in [6.07, 6.45) is 1.13.